The third-order valence-electron chi connectivity index (χ3n) is 3.37. The van der Waals surface area contributed by atoms with Crippen molar-refractivity contribution in [1.82, 2.24) is 4.90 Å². The molecule has 1 rings (SSSR count). The second kappa shape index (κ2) is 7.78. The van der Waals surface area contributed by atoms with E-state index in [1.807, 2.05) is 18.7 Å². The van der Waals surface area contributed by atoms with Gasteiger partial charge < -0.3 is 15.4 Å². The minimum Gasteiger partial charge on any atom is -0.494 e. The number of nitrogens with two attached hydrogens (primary N) is 1. The number of para-hydroxylation sites is 1. The summed E-state index contributed by atoms with van der Waals surface area (Å²) in [7, 11) is 1.54. The van der Waals surface area contributed by atoms with Crippen LogP contribution in [0.15, 0.2) is 18.2 Å². The molecule has 1 amide bonds. The molecule has 2 N–H and O–H groups in total. The number of unbranched alkanes of at least 4 members (excludes halogenated alkanes) is 2. The molecule has 0 radical (unpaired) electrons. The van der Waals surface area contributed by atoms with Crippen LogP contribution in [0.3, 0.4) is 0 Å². The van der Waals surface area contributed by atoms with E-state index in [0.717, 1.165) is 25.8 Å². The SMILES string of the molecule is CCCCCN(C(=O)c1cccc(N)c1OC)C(C)C. The maximum atomic E-state index is 12.7. The van der Waals surface area contributed by atoms with Gasteiger partial charge >= 0.3 is 0 Å². The van der Waals surface area contributed by atoms with Gasteiger partial charge in [0.25, 0.3) is 5.91 Å². The number of nitrogens with zero attached hydrogens (tertiary/aromatic N) is 1. The maximum Gasteiger partial charge on any atom is 0.257 e. The van der Waals surface area contributed by atoms with E-state index in [1.54, 1.807) is 25.3 Å². The molecule has 0 saturated carbocycles. The topological polar surface area (TPSA) is 55.6 Å². The largest absolute Gasteiger partial charge is 0.494 e. The van der Waals surface area contributed by atoms with Crippen molar-refractivity contribution in [1.29, 1.82) is 0 Å². The molecule has 0 aliphatic carbocycles. The van der Waals surface area contributed by atoms with Gasteiger partial charge in [-0.2, -0.15) is 0 Å². The molecule has 4 heteroatoms. The summed E-state index contributed by atoms with van der Waals surface area (Å²) in [5.74, 6) is 0.457. The van der Waals surface area contributed by atoms with Crippen molar-refractivity contribution >= 4 is 11.6 Å². The van der Waals surface area contributed by atoms with Gasteiger partial charge in [0.05, 0.1) is 18.4 Å². The number of nitrogen functional groups attached to an aromatic ring is 1. The van der Waals surface area contributed by atoms with E-state index in [-0.39, 0.29) is 11.9 Å². The summed E-state index contributed by atoms with van der Waals surface area (Å²) in [4.78, 5) is 14.6. The normalized spacial score (nSPS) is 10.7. The van der Waals surface area contributed by atoms with Gasteiger partial charge in [-0.05, 0) is 32.4 Å². The Hall–Kier alpha value is -1.71. The lowest BCUT2D eigenvalue weighted by Crippen LogP contribution is -2.38. The van der Waals surface area contributed by atoms with E-state index < -0.39 is 0 Å². The molecule has 0 unspecified atom stereocenters. The molecule has 4 nitrogen and oxygen atoms in total. The zero-order valence-corrected chi connectivity index (χ0v) is 13.0. The first kappa shape index (κ1) is 16.3. The van der Waals surface area contributed by atoms with E-state index >= 15 is 0 Å². The summed E-state index contributed by atoms with van der Waals surface area (Å²) in [5.41, 5.74) is 6.91. The predicted octanol–water partition coefficient (Wildman–Crippen LogP) is 3.32. The third-order valence-corrected chi connectivity index (χ3v) is 3.37. The number of ether oxygens (including phenoxy) is 1. The maximum absolute atomic E-state index is 12.7. The Kier molecular flexibility index (Phi) is 6.36. The van der Waals surface area contributed by atoms with E-state index in [2.05, 4.69) is 6.92 Å². The van der Waals surface area contributed by atoms with Crippen molar-refractivity contribution in [3.05, 3.63) is 23.8 Å². The Morgan fingerprint density at radius 3 is 2.60 bits per heavy atom. The first-order chi connectivity index (χ1) is 9.52. The van der Waals surface area contributed by atoms with Crippen LogP contribution in [0, 0.1) is 0 Å². The summed E-state index contributed by atoms with van der Waals surface area (Å²) in [5, 5.41) is 0. The molecule has 0 atom stereocenters. The number of methoxy groups -OCH3 is 1. The fraction of sp³-hybridized carbons (Fsp3) is 0.562. The van der Waals surface area contributed by atoms with Crippen molar-refractivity contribution in [2.45, 2.75) is 46.1 Å². The Balaban J connectivity index is 2.97. The lowest BCUT2D eigenvalue weighted by atomic mass is 10.1. The first-order valence-corrected chi connectivity index (χ1v) is 7.26. The number of hydrogen-bond acceptors (Lipinski definition) is 3. The average molecular weight is 278 g/mol. The van der Waals surface area contributed by atoms with Crippen LogP contribution < -0.4 is 10.5 Å². The zero-order chi connectivity index (χ0) is 15.1. The molecule has 0 heterocycles. The van der Waals surface area contributed by atoms with E-state index in [1.165, 1.54) is 0 Å². The molecule has 0 bridgehead atoms. The Bertz CT molecular complexity index is 444. The van der Waals surface area contributed by atoms with Crippen LogP contribution >= 0.6 is 0 Å². The van der Waals surface area contributed by atoms with Crippen molar-refractivity contribution in [3.8, 4) is 5.75 Å². The van der Waals surface area contributed by atoms with Crippen LogP contribution in [0.2, 0.25) is 0 Å². The highest BCUT2D eigenvalue weighted by molar-refractivity contribution is 5.98. The molecule has 20 heavy (non-hydrogen) atoms. The minimum absolute atomic E-state index is 0.0137. The lowest BCUT2D eigenvalue weighted by Gasteiger charge is -2.27. The highest BCUT2D eigenvalue weighted by atomic mass is 16.5. The fourth-order valence-corrected chi connectivity index (χ4v) is 2.23. The van der Waals surface area contributed by atoms with Gasteiger partial charge in [-0.3, -0.25) is 4.79 Å². The van der Waals surface area contributed by atoms with E-state index in [0.29, 0.717) is 17.0 Å². The Labute approximate surface area is 121 Å². The van der Waals surface area contributed by atoms with Crippen LogP contribution in [0.5, 0.6) is 5.75 Å². The highest BCUT2D eigenvalue weighted by Gasteiger charge is 2.22. The van der Waals surface area contributed by atoms with Gasteiger partial charge in [-0.25, -0.2) is 0 Å². The molecular weight excluding hydrogens is 252 g/mol. The molecule has 0 aliphatic rings. The molecule has 0 spiro atoms. The second-order valence-corrected chi connectivity index (χ2v) is 5.23. The van der Waals surface area contributed by atoms with Crippen molar-refractivity contribution in [2.75, 3.05) is 19.4 Å². The molecule has 0 saturated heterocycles. The summed E-state index contributed by atoms with van der Waals surface area (Å²) < 4.78 is 5.28. The lowest BCUT2D eigenvalue weighted by molar-refractivity contribution is 0.0699. The summed E-state index contributed by atoms with van der Waals surface area (Å²) in [6.45, 7) is 6.98. The molecule has 0 aromatic heterocycles. The van der Waals surface area contributed by atoms with E-state index in [9.17, 15) is 4.79 Å². The first-order valence-electron chi connectivity index (χ1n) is 7.26. The van der Waals surface area contributed by atoms with Gasteiger partial charge in [0.1, 0.15) is 0 Å². The number of anilines is 1. The van der Waals surface area contributed by atoms with Crippen LogP contribution in [-0.4, -0.2) is 30.5 Å². The molecular formula is C16H26N2O2. The Morgan fingerprint density at radius 2 is 2.05 bits per heavy atom. The van der Waals surface area contributed by atoms with Crippen molar-refractivity contribution < 1.29 is 9.53 Å². The number of carbonyl (C=O) groups is 1. The van der Waals surface area contributed by atoms with Gasteiger partial charge in [-0.1, -0.05) is 25.8 Å². The standard InChI is InChI=1S/C16H26N2O2/c1-5-6-7-11-18(12(2)3)16(19)13-9-8-10-14(17)15(13)20-4/h8-10,12H,5-7,11,17H2,1-4H3. The van der Waals surface area contributed by atoms with Crippen LogP contribution in [0.1, 0.15) is 50.4 Å². The molecule has 0 aliphatic heterocycles. The second-order valence-electron chi connectivity index (χ2n) is 5.23. The predicted molar refractivity (Wildman–Crippen MR) is 83.1 cm³/mol. The van der Waals surface area contributed by atoms with Gasteiger partial charge in [0.2, 0.25) is 0 Å². The van der Waals surface area contributed by atoms with Gasteiger partial charge in [-0.15, -0.1) is 0 Å². The number of hydrogen-bond donors (Lipinski definition) is 1. The minimum atomic E-state index is -0.0137. The Morgan fingerprint density at radius 1 is 1.35 bits per heavy atom. The zero-order valence-electron chi connectivity index (χ0n) is 13.0. The fourth-order valence-electron chi connectivity index (χ4n) is 2.23. The van der Waals surface area contributed by atoms with Crippen molar-refractivity contribution in [2.24, 2.45) is 0 Å². The molecule has 1 aromatic carbocycles. The number of amides is 1. The summed E-state index contributed by atoms with van der Waals surface area (Å²) in [6, 6.07) is 5.46. The molecule has 0 fully saturated rings. The molecule has 1 aromatic rings. The van der Waals surface area contributed by atoms with Gasteiger partial charge in [0.15, 0.2) is 5.75 Å². The monoisotopic (exact) mass is 278 g/mol. The van der Waals surface area contributed by atoms with E-state index in [4.69, 9.17) is 10.5 Å². The third kappa shape index (κ3) is 3.89. The quantitative estimate of drug-likeness (QED) is 0.615. The van der Waals surface area contributed by atoms with Crippen LogP contribution in [0.4, 0.5) is 5.69 Å². The van der Waals surface area contributed by atoms with Crippen molar-refractivity contribution in [3.63, 3.8) is 0 Å². The van der Waals surface area contributed by atoms with Gasteiger partial charge in [0, 0.05) is 12.6 Å². The average Bonchev–Trinajstić information content (AvgIpc) is 2.42. The smallest absolute Gasteiger partial charge is 0.257 e. The van der Waals surface area contributed by atoms with Crippen LogP contribution in [-0.2, 0) is 0 Å². The number of benzene rings is 1. The number of rotatable bonds is 7. The summed E-state index contributed by atoms with van der Waals surface area (Å²) >= 11 is 0. The number of carbonyl (C=O) groups excluding carboxylic acids is 1. The molecule has 112 valence electrons. The van der Waals surface area contributed by atoms with Crippen LogP contribution in [0.25, 0.3) is 0 Å². The highest BCUT2D eigenvalue weighted by Crippen LogP contribution is 2.27. The summed E-state index contributed by atoms with van der Waals surface area (Å²) in [6.07, 6.45) is 3.29.